The standard InChI is InChI=1S/C22H30ClN3O3/c1-14-9-10-15(2)25(14)18-12-16(11-17(23)13-18)19(27)26(24-21(3,4)5)20(28)29-22(6,7)8/h9-13,24H,1-8H3. The largest absolute Gasteiger partial charge is 0.442 e. The fourth-order valence-electron chi connectivity index (χ4n) is 2.85. The van der Waals surface area contributed by atoms with Crippen LogP contribution in [0.25, 0.3) is 5.69 Å². The Labute approximate surface area is 177 Å². The molecule has 7 heteroatoms. The van der Waals surface area contributed by atoms with E-state index in [4.69, 9.17) is 16.3 Å². The minimum atomic E-state index is -0.771. The van der Waals surface area contributed by atoms with Crippen molar-refractivity contribution < 1.29 is 14.3 Å². The molecule has 0 saturated carbocycles. The number of ether oxygens (including phenoxy) is 1. The van der Waals surface area contributed by atoms with Gasteiger partial charge in [-0.15, -0.1) is 0 Å². The summed E-state index contributed by atoms with van der Waals surface area (Å²) in [5, 5.41) is 1.31. The number of aryl methyl sites for hydroxylation is 2. The van der Waals surface area contributed by atoms with Crippen LogP contribution in [-0.2, 0) is 4.74 Å². The molecule has 2 amide bonds. The van der Waals surface area contributed by atoms with Crippen LogP contribution in [0.1, 0.15) is 63.3 Å². The number of hydrazine groups is 1. The number of hydrogen-bond donors (Lipinski definition) is 1. The number of halogens is 1. The summed E-state index contributed by atoms with van der Waals surface area (Å²) >= 11 is 6.32. The van der Waals surface area contributed by atoms with Crippen molar-refractivity contribution >= 4 is 23.6 Å². The molecule has 6 nitrogen and oxygen atoms in total. The zero-order chi connectivity index (χ0) is 22.1. The van der Waals surface area contributed by atoms with Gasteiger partial charge < -0.3 is 9.30 Å². The Morgan fingerprint density at radius 2 is 1.55 bits per heavy atom. The zero-order valence-electron chi connectivity index (χ0n) is 18.4. The molecular formula is C22H30ClN3O3. The average molecular weight is 420 g/mol. The second-order valence-electron chi connectivity index (χ2n) is 9.13. The molecule has 0 saturated heterocycles. The number of carbonyl (C=O) groups excluding carboxylic acids is 2. The molecule has 0 fully saturated rings. The molecule has 0 aliphatic heterocycles. The summed E-state index contributed by atoms with van der Waals surface area (Å²) in [6.07, 6.45) is -0.771. The van der Waals surface area contributed by atoms with Gasteiger partial charge in [0.05, 0.1) is 0 Å². The van der Waals surface area contributed by atoms with E-state index in [1.165, 1.54) is 0 Å². The van der Waals surface area contributed by atoms with Gasteiger partial charge in [0.15, 0.2) is 0 Å². The highest BCUT2D eigenvalue weighted by Gasteiger charge is 2.31. The van der Waals surface area contributed by atoms with Crippen molar-refractivity contribution in [3.63, 3.8) is 0 Å². The second kappa shape index (κ2) is 8.20. The lowest BCUT2D eigenvalue weighted by Crippen LogP contribution is -2.55. The number of nitrogens with zero attached hydrogens (tertiary/aromatic N) is 2. The summed E-state index contributed by atoms with van der Waals surface area (Å²) in [5.74, 6) is -0.541. The maximum absolute atomic E-state index is 13.3. The van der Waals surface area contributed by atoms with Crippen molar-refractivity contribution in [2.45, 2.75) is 66.5 Å². The Balaban J connectivity index is 2.49. The van der Waals surface area contributed by atoms with E-state index in [1.807, 2.05) is 51.3 Å². The summed E-state index contributed by atoms with van der Waals surface area (Å²) in [6.45, 7) is 14.8. The van der Waals surface area contributed by atoms with Crippen LogP contribution in [0.5, 0.6) is 0 Å². The van der Waals surface area contributed by atoms with Crippen molar-refractivity contribution in [3.05, 3.63) is 52.3 Å². The average Bonchev–Trinajstić information content (AvgIpc) is 2.87. The SMILES string of the molecule is Cc1ccc(C)n1-c1cc(Cl)cc(C(=O)N(NC(C)(C)C)C(=O)OC(C)(C)C)c1. The highest BCUT2D eigenvalue weighted by Crippen LogP contribution is 2.24. The van der Waals surface area contributed by atoms with Crippen molar-refractivity contribution in [1.29, 1.82) is 0 Å². The lowest BCUT2D eigenvalue weighted by atomic mass is 10.1. The number of benzene rings is 1. The smallest absolute Gasteiger partial charge is 0.432 e. The molecule has 0 aliphatic carbocycles. The molecule has 0 unspecified atom stereocenters. The van der Waals surface area contributed by atoms with Gasteiger partial charge in [0, 0.05) is 33.2 Å². The minimum Gasteiger partial charge on any atom is -0.442 e. The van der Waals surface area contributed by atoms with E-state index in [9.17, 15) is 9.59 Å². The maximum Gasteiger partial charge on any atom is 0.432 e. The first-order valence-electron chi connectivity index (χ1n) is 9.49. The van der Waals surface area contributed by atoms with Crippen molar-refractivity contribution in [1.82, 2.24) is 15.0 Å². The summed E-state index contributed by atoms with van der Waals surface area (Å²) in [7, 11) is 0. The molecule has 2 rings (SSSR count). The first-order chi connectivity index (χ1) is 13.2. The molecule has 2 aromatic rings. The molecule has 1 N–H and O–H groups in total. The number of carbonyl (C=O) groups is 2. The zero-order valence-corrected chi connectivity index (χ0v) is 19.1. The lowest BCUT2D eigenvalue weighted by Gasteiger charge is -2.32. The topological polar surface area (TPSA) is 63.6 Å². The first-order valence-corrected chi connectivity index (χ1v) is 9.87. The van der Waals surface area contributed by atoms with E-state index < -0.39 is 23.1 Å². The van der Waals surface area contributed by atoms with Gasteiger partial charge in [-0.2, -0.15) is 5.01 Å². The van der Waals surface area contributed by atoms with Gasteiger partial charge in [-0.1, -0.05) is 11.6 Å². The third kappa shape index (κ3) is 6.08. The van der Waals surface area contributed by atoms with E-state index in [1.54, 1.807) is 39.0 Å². The molecule has 0 aliphatic rings. The highest BCUT2D eigenvalue weighted by atomic mass is 35.5. The van der Waals surface area contributed by atoms with Crippen molar-refractivity contribution in [3.8, 4) is 5.69 Å². The highest BCUT2D eigenvalue weighted by molar-refractivity contribution is 6.31. The molecule has 158 valence electrons. The van der Waals surface area contributed by atoms with Crippen LogP contribution in [0.4, 0.5) is 4.79 Å². The fourth-order valence-corrected chi connectivity index (χ4v) is 3.08. The Bertz CT molecular complexity index is 901. The van der Waals surface area contributed by atoms with Crippen LogP contribution in [0.2, 0.25) is 5.02 Å². The normalized spacial score (nSPS) is 12.0. The molecule has 1 heterocycles. The predicted octanol–water partition coefficient (Wildman–Crippen LogP) is 5.43. The third-order valence-electron chi connectivity index (χ3n) is 3.89. The van der Waals surface area contributed by atoms with Crippen LogP contribution in [-0.4, -0.2) is 32.7 Å². The fraction of sp³-hybridized carbons (Fsp3) is 0.455. The molecule has 0 spiro atoms. The molecular weight excluding hydrogens is 390 g/mol. The third-order valence-corrected chi connectivity index (χ3v) is 4.10. The molecule has 0 atom stereocenters. The maximum atomic E-state index is 13.3. The Hall–Kier alpha value is -2.31. The van der Waals surface area contributed by atoms with E-state index >= 15 is 0 Å². The molecule has 29 heavy (non-hydrogen) atoms. The number of hydrogen-bond acceptors (Lipinski definition) is 4. The van der Waals surface area contributed by atoms with Crippen LogP contribution in [0, 0.1) is 13.8 Å². The number of imide groups is 1. The quantitative estimate of drug-likeness (QED) is 0.674. The van der Waals surface area contributed by atoms with Gasteiger partial charge in [0.25, 0.3) is 5.91 Å². The summed E-state index contributed by atoms with van der Waals surface area (Å²) in [4.78, 5) is 26.0. The Morgan fingerprint density at radius 1 is 1.00 bits per heavy atom. The minimum absolute atomic E-state index is 0.280. The van der Waals surface area contributed by atoms with Crippen LogP contribution >= 0.6 is 11.6 Å². The molecule has 0 radical (unpaired) electrons. The van der Waals surface area contributed by atoms with Gasteiger partial charge in [0.2, 0.25) is 0 Å². The van der Waals surface area contributed by atoms with E-state index in [0.717, 1.165) is 22.1 Å². The monoisotopic (exact) mass is 419 g/mol. The van der Waals surface area contributed by atoms with Gasteiger partial charge in [-0.25, -0.2) is 10.2 Å². The van der Waals surface area contributed by atoms with E-state index in [0.29, 0.717) is 5.02 Å². The number of amides is 2. The lowest BCUT2D eigenvalue weighted by molar-refractivity contribution is 0.00742. The van der Waals surface area contributed by atoms with E-state index in [2.05, 4.69) is 5.43 Å². The van der Waals surface area contributed by atoms with Gasteiger partial charge in [-0.05, 0) is 85.7 Å². The van der Waals surface area contributed by atoms with Gasteiger partial charge in [0.1, 0.15) is 5.60 Å². The molecule has 0 bridgehead atoms. The van der Waals surface area contributed by atoms with Crippen LogP contribution < -0.4 is 5.43 Å². The summed E-state index contributed by atoms with van der Waals surface area (Å²) in [6, 6.07) is 9.03. The van der Waals surface area contributed by atoms with E-state index in [-0.39, 0.29) is 5.56 Å². The molecule has 1 aromatic heterocycles. The van der Waals surface area contributed by atoms with Gasteiger partial charge >= 0.3 is 6.09 Å². The number of rotatable bonds is 3. The second-order valence-corrected chi connectivity index (χ2v) is 9.57. The van der Waals surface area contributed by atoms with Crippen molar-refractivity contribution in [2.75, 3.05) is 0 Å². The predicted molar refractivity (Wildman–Crippen MR) is 116 cm³/mol. The number of nitrogens with one attached hydrogen (secondary N) is 1. The van der Waals surface area contributed by atoms with Gasteiger partial charge in [-0.3, -0.25) is 4.79 Å². The molecule has 1 aromatic carbocycles. The van der Waals surface area contributed by atoms with Crippen LogP contribution in [0.3, 0.4) is 0 Å². The Kier molecular flexibility index (Phi) is 6.50. The van der Waals surface area contributed by atoms with Crippen LogP contribution in [0.15, 0.2) is 30.3 Å². The number of aromatic nitrogens is 1. The summed E-state index contributed by atoms with van der Waals surface area (Å²) in [5.41, 5.74) is 4.71. The Morgan fingerprint density at radius 3 is 2.03 bits per heavy atom. The van der Waals surface area contributed by atoms with Crippen molar-refractivity contribution in [2.24, 2.45) is 0 Å². The summed E-state index contributed by atoms with van der Waals surface area (Å²) < 4.78 is 7.42. The first kappa shape index (κ1) is 23.0.